The number of aliphatic hydroxyl groups excluding tert-OH is 1. The van der Waals surface area contributed by atoms with Crippen LogP contribution in [0.3, 0.4) is 0 Å². The SMILES string of the molecule is CCCC(CCO)CNC1CCCCC1C1CCCCC1. The first-order chi connectivity index (χ1) is 10.3. The molecule has 2 aliphatic rings. The average Bonchev–Trinajstić information content (AvgIpc) is 2.54. The number of rotatable bonds is 8. The third-order valence-corrected chi connectivity index (χ3v) is 5.98. The molecule has 2 aliphatic carbocycles. The number of hydrogen-bond acceptors (Lipinski definition) is 2. The largest absolute Gasteiger partial charge is 0.396 e. The molecule has 0 aromatic heterocycles. The van der Waals surface area contributed by atoms with Crippen molar-refractivity contribution < 1.29 is 5.11 Å². The van der Waals surface area contributed by atoms with Gasteiger partial charge in [0.2, 0.25) is 0 Å². The van der Waals surface area contributed by atoms with Crippen molar-refractivity contribution in [2.45, 2.75) is 90.0 Å². The molecule has 2 N–H and O–H groups in total. The minimum absolute atomic E-state index is 0.350. The summed E-state index contributed by atoms with van der Waals surface area (Å²) in [6, 6.07) is 0.764. The Bertz CT molecular complexity index is 256. The van der Waals surface area contributed by atoms with Crippen LogP contribution in [0, 0.1) is 17.8 Å². The van der Waals surface area contributed by atoms with Crippen molar-refractivity contribution in [2.24, 2.45) is 17.8 Å². The fourth-order valence-corrected chi connectivity index (χ4v) is 4.80. The maximum Gasteiger partial charge on any atom is 0.0434 e. The average molecular weight is 296 g/mol. The van der Waals surface area contributed by atoms with Crippen molar-refractivity contribution in [3.63, 3.8) is 0 Å². The molecule has 0 aliphatic heterocycles. The lowest BCUT2D eigenvalue weighted by molar-refractivity contribution is 0.143. The van der Waals surface area contributed by atoms with E-state index in [1.165, 1.54) is 70.6 Å². The lowest BCUT2D eigenvalue weighted by Crippen LogP contribution is -2.44. The molecule has 0 aromatic carbocycles. The zero-order chi connectivity index (χ0) is 14.9. The Labute approximate surface area is 132 Å². The van der Waals surface area contributed by atoms with E-state index >= 15 is 0 Å². The van der Waals surface area contributed by atoms with Crippen LogP contribution in [-0.2, 0) is 0 Å². The maximum atomic E-state index is 9.23. The summed E-state index contributed by atoms with van der Waals surface area (Å²) in [7, 11) is 0. The molecule has 0 bridgehead atoms. The van der Waals surface area contributed by atoms with Crippen LogP contribution in [-0.4, -0.2) is 24.3 Å². The molecule has 0 radical (unpaired) electrons. The van der Waals surface area contributed by atoms with Gasteiger partial charge in [0.1, 0.15) is 0 Å². The number of hydrogen-bond donors (Lipinski definition) is 2. The molecule has 2 nitrogen and oxygen atoms in total. The molecule has 0 spiro atoms. The summed E-state index contributed by atoms with van der Waals surface area (Å²) in [5.41, 5.74) is 0. The molecule has 3 atom stereocenters. The van der Waals surface area contributed by atoms with Crippen molar-refractivity contribution in [3.05, 3.63) is 0 Å². The lowest BCUT2D eigenvalue weighted by atomic mass is 9.71. The normalized spacial score (nSPS) is 29.4. The van der Waals surface area contributed by atoms with Gasteiger partial charge in [0.15, 0.2) is 0 Å². The Kier molecular flexibility index (Phi) is 8.10. The first-order valence-electron chi connectivity index (χ1n) is 9.69. The van der Waals surface area contributed by atoms with Gasteiger partial charge >= 0.3 is 0 Å². The summed E-state index contributed by atoms with van der Waals surface area (Å²) in [5.74, 6) is 2.61. The molecule has 2 fully saturated rings. The van der Waals surface area contributed by atoms with E-state index in [1.807, 2.05) is 0 Å². The molecular formula is C19H37NO. The lowest BCUT2D eigenvalue weighted by Gasteiger charge is -2.40. The second-order valence-corrected chi connectivity index (χ2v) is 7.53. The molecule has 21 heavy (non-hydrogen) atoms. The highest BCUT2D eigenvalue weighted by Gasteiger charge is 2.32. The van der Waals surface area contributed by atoms with Crippen LogP contribution in [0.1, 0.15) is 84.0 Å². The summed E-state index contributed by atoms with van der Waals surface area (Å²) < 4.78 is 0. The molecule has 2 heteroatoms. The van der Waals surface area contributed by atoms with Gasteiger partial charge in [-0.1, -0.05) is 58.3 Å². The van der Waals surface area contributed by atoms with Crippen molar-refractivity contribution in [3.8, 4) is 0 Å². The highest BCUT2D eigenvalue weighted by Crippen LogP contribution is 2.38. The summed E-state index contributed by atoms with van der Waals surface area (Å²) >= 11 is 0. The van der Waals surface area contributed by atoms with Gasteiger partial charge in [0, 0.05) is 12.6 Å². The minimum atomic E-state index is 0.350. The van der Waals surface area contributed by atoms with Gasteiger partial charge < -0.3 is 10.4 Å². The van der Waals surface area contributed by atoms with Crippen molar-refractivity contribution in [1.29, 1.82) is 0 Å². The Morgan fingerprint density at radius 2 is 1.67 bits per heavy atom. The van der Waals surface area contributed by atoms with Crippen LogP contribution in [0.25, 0.3) is 0 Å². The second-order valence-electron chi connectivity index (χ2n) is 7.53. The van der Waals surface area contributed by atoms with Crippen LogP contribution in [0.2, 0.25) is 0 Å². The third-order valence-electron chi connectivity index (χ3n) is 5.98. The quantitative estimate of drug-likeness (QED) is 0.690. The van der Waals surface area contributed by atoms with Gasteiger partial charge in [0.05, 0.1) is 0 Å². The monoisotopic (exact) mass is 295 g/mol. The van der Waals surface area contributed by atoms with Gasteiger partial charge in [-0.25, -0.2) is 0 Å². The third kappa shape index (κ3) is 5.56. The van der Waals surface area contributed by atoms with Crippen molar-refractivity contribution in [1.82, 2.24) is 5.32 Å². The van der Waals surface area contributed by atoms with E-state index in [9.17, 15) is 5.11 Å². The van der Waals surface area contributed by atoms with Crippen molar-refractivity contribution in [2.75, 3.05) is 13.2 Å². The fourth-order valence-electron chi connectivity index (χ4n) is 4.80. The second kappa shape index (κ2) is 9.84. The molecule has 2 rings (SSSR count). The summed E-state index contributed by atoms with van der Waals surface area (Å²) in [6.45, 7) is 3.74. The summed E-state index contributed by atoms with van der Waals surface area (Å²) in [5, 5.41) is 13.2. The first kappa shape index (κ1) is 17.3. The van der Waals surface area contributed by atoms with Crippen LogP contribution < -0.4 is 5.32 Å². The molecular weight excluding hydrogens is 258 g/mol. The van der Waals surface area contributed by atoms with Crippen LogP contribution in [0.5, 0.6) is 0 Å². The molecule has 3 unspecified atom stereocenters. The molecule has 0 saturated heterocycles. The van der Waals surface area contributed by atoms with E-state index in [4.69, 9.17) is 0 Å². The highest BCUT2D eigenvalue weighted by molar-refractivity contribution is 4.87. The van der Waals surface area contributed by atoms with Gasteiger partial charge in [-0.05, 0) is 50.0 Å². The summed E-state index contributed by atoms with van der Waals surface area (Å²) in [6.07, 6.45) is 16.6. The van der Waals surface area contributed by atoms with Crippen LogP contribution >= 0.6 is 0 Å². The molecule has 124 valence electrons. The number of aliphatic hydroxyl groups is 1. The summed E-state index contributed by atoms with van der Waals surface area (Å²) in [4.78, 5) is 0. The first-order valence-corrected chi connectivity index (χ1v) is 9.69. The van der Waals surface area contributed by atoms with E-state index < -0.39 is 0 Å². The standard InChI is InChI=1S/C19H37NO/c1-2-8-16(13-14-21)15-20-19-12-7-6-11-18(19)17-9-4-3-5-10-17/h16-21H,2-15H2,1H3. The molecule has 0 heterocycles. The Balaban J connectivity index is 1.82. The molecule has 0 amide bonds. The Morgan fingerprint density at radius 3 is 2.38 bits per heavy atom. The van der Waals surface area contributed by atoms with Crippen LogP contribution in [0.15, 0.2) is 0 Å². The smallest absolute Gasteiger partial charge is 0.0434 e. The Morgan fingerprint density at radius 1 is 0.952 bits per heavy atom. The minimum Gasteiger partial charge on any atom is -0.396 e. The maximum absolute atomic E-state index is 9.23. The van der Waals surface area contributed by atoms with Crippen molar-refractivity contribution >= 4 is 0 Å². The molecule has 2 saturated carbocycles. The predicted octanol–water partition coefficient (Wildman–Crippen LogP) is 4.51. The van der Waals surface area contributed by atoms with Gasteiger partial charge in [-0.2, -0.15) is 0 Å². The fraction of sp³-hybridized carbons (Fsp3) is 1.00. The zero-order valence-corrected chi connectivity index (χ0v) is 14.2. The van der Waals surface area contributed by atoms with Gasteiger partial charge in [-0.15, -0.1) is 0 Å². The highest BCUT2D eigenvalue weighted by atomic mass is 16.3. The van der Waals surface area contributed by atoms with Gasteiger partial charge in [0.25, 0.3) is 0 Å². The van der Waals surface area contributed by atoms with Gasteiger partial charge in [-0.3, -0.25) is 0 Å². The zero-order valence-electron chi connectivity index (χ0n) is 14.2. The topological polar surface area (TPSA) is 32.3 Å². The van der Waals surface area contributed by atoms with E-state index in [-0.39, 0.29) is 0 Å². The number of nitrogens with one attached hydrogen (secondary N) is 1. The Hall–Kier alpha value is -0.0800. The molecule has 0 aromatic rings. The van der Waals surface area contributed by atoms with E-state index in [2.05, 4.69) is 12.2 Å². The predicted molar refractivity (Wildman–Crippen MR) is 90.4 cm³/mol. The van der Waals surface area contributed by atoms with Crippen LogP contribution in [0.4, 0.5) is 0 Å². The van der Waals surface area contributed by atoms with E-state index in [0.717, 1.165) is 30.8 Å². The van der Waals surface area contributed by atoms with E-state index in [0.29, 0.717) is 12.5 Å². The van der Waals surface area contributed by atoms with E-state index in [1.54, 1.807) is 0 Å².